The van der Waals surface area contributed by atoms with Crippen LogP contribution in [0.2, 0.25) is 0 Å². The third-order valence-corrected chi connectivity index (χ3v) is 8.21. The zero-order chi connectivity index (χ0) is 31.5. The second-order valence-corrected chi connectivity index (χ2v) is 13.6. The predicted molar refractivity (Wildman–Crippen MR) is 184 cm³/mol. The molecule has 2 rings (SSSR count). The van der Waals surface area contributed by atoms with Crippen LogP contribution in [-0.4, -0.2) is 22.4 Å². The molecule has 42 heavy (non-hydrogen) atoms. The molecule has 0 spiro atoms. The smallest absolute Gasteiger partial charge is 0.0734 e. The summed E-state index contributed by atoms with van der Waals surface area (Å²) in [6, 6.07) is 0. The largest absolute Gasteiger partial charge is 0.393 e. The Labute approximate surface area is 257 Å². The first-order chi connectivity index (χ1) is 19.6. The number of allylic oxidation sites excluding steroid dienone is 20. The minimum absolute atomic E-state index is 0.00865. The summed E-state index contributed by atoms with van der Waals surface area (Å²) in [7, 11) is 0. The van der Waals surface area contributed by atoms with Gasteiger partial charge in [-0.25, -0.2) is 0 Å². The van der Waals surface area contributed by atoms with Crippen LogP contribution >= 0.6 is 0 Å². The molecule has 0 aromatic heterocycles. The van der Waals surface area contributed by atoms with Crippen molar-refractivity contribution in [1.82, 2.24) is 0 Å². The Hall–Kier alpha value is -2.94. The highest BCUT2D eigenvalue weighted by molar-refractivity contribution is 5.42. The van der Waals surface area contributed by atoms with Gasteiger partial charge in [-0.1, -0.05) is 141 Å². The predicted octanol–water partition coefficient (Wildman–Crippen LogP) is 10.5. The van der Waals surface area contributed by atoms with Crippen molar-refractivity contribution < 1.29 is 10.2 Å². The normalized spacial score (nSPS) is 25.6. The molecule has 0 bridgehead atoms. The lowest BCUT2D eigenvalue weighted by Crippen LogP contribution is -2.28. The Balaban J connectivity index is 1.88. The van der Waals surface area contributed by atoms with E-state index in [1.54, 1.807) is 0 Å². The summed E-state index contributed by atoms with van der Waals surface area (Å²) in [5, 5.41) is 20.2. The Kier molecular flexibility index (Phi) is 13.5. The molecule has 0 heterocycles. The van der Waals surface area contributed by atoms with Gasteiger partial charge in [-0.3, -0.25) is 0 Å². The third kappa shape index (κ3) is 11.7. The lowest BCUT2D eigenvalue weighted by molar-refractivity contribution is 0.116. The van der Waals surface area contributed by atoms with Crippen LogP contribution in [0.15, 0.2) is 130 Å². The lowest BCUT2D eigenvalue weighted by Gasteiger charge is -2.35. The highest BCUT2D eigenvalue weighted by Crippen LogP contribution is 2.41. The summed E-state index contributed by atoms with van der Waals surface area (Å²) >= 11 is 0. The minimum atomic E-state index is -0.349. The molecule has 2 atom stereocenters. The standard InChI is InChI=1S/C40H56O2/c1-29(17-13-19-31(3)21-23-37-33(5)25-35(41)27-39(37,7)8)15-11-12-16-30(2)18-14-20-32(4)22-24-38-34(6)26-36(42)28-40(38,9)10/h11,13-25,35-36,41-42H,12,26-28H2,1-10H3/b15-11+,18-14+,19-13+,24-22+,29-17+,30-16+,31-21+,32-20+,37-23+/t35-,36+/m0/s1. The summed E-state index contributed by atoms with van der Waals surface area (Å²) in [4.78, 5) is 0. The summed E-state index contributed by atoms with van der Waals surface area (Å²) in [5.74, 6) is 0. The molecule has 228 valence electrons. The summed E-state index contributed by atoms with van der Waals surface area (Å²) in [6.45, 7) is 21.6. The fourth-order valence-corrected chi connectivity index (χ4v) is 6.02. The van der Waals surface area contributed by atoms with Crippen molar-refractivity contribution >= 4 is 0 Å². The molecule has 0 saturated heterocycles. The molecular weight excluding hydrogens is 512 g/mol. The number of rotatable bonds is 10. The molecule has 2 heteroatoms. The van der Waals surface area contributed by atoms with Gasteiger partial charge in [0.15, 0.2) is 0 Å². The second kappa shape index (κ2) is 16.1. The Bertz CT molecular complexity index is 1290. The lowest BCUT2D eigenvalue weighted by atomic mass is 9.71. The van der Waals surface area contributed by atoms with Crippen molar-refractivity contribution in [2.24, 2.45) is 10.8 Å². The van der Waals surface area contributed by atoms with Crippen LogP contribution < -0.4 is 0 Å². The van der Waals surface area contributed by atoms with Gasteiger partial charge < -0.3 is 10.2 Å². The van der Waals surface area contributed by atoms with Crippen LogP contribution in [0.1, 0.15) is 94.9 Å². The van der Waals surface area contributed by atoms with Crippen LogP contribution in [0, 0.1) is 10.8 Å². The van der Waals surface area contributed by atoms with E-state index in [4.69, 9.17) is 0 Å². The van der Waals surface area contributed by atoms with Crippen molar-refractivity contribution in [1.29, 1.82) is 0 Å². The average molecular weight is 569 g/mol. The van der Waals surface area contributed by atoms with Gasteiger partial charge in [0, 0.05) is 0 Å². The zero-order valence-corrected chi connectivity index (χ0v) is 28.0. The zero-order valence-electron chi connectivity index (χ0n) is 28.0. The van der Waals surface area contributed by atoms with Crippen LogP contribution in [-0.2, 0) is 0 Å². The molecule has 0 saturated carbocycles. The van der Waals surface area contributed by atoms with Gasteiger partial charge in [0.2, 0.25) is 0 Å². The van der Waals surface area contributed by atoms with Gasteiger partial charge in [0.25, 0.3) is 0 Å². The molecule has 2 aliphatic carbocycles. The number of aliphatic hydroxyl groups is 2. The van der Waals surface area contributed by atoms with E-state index in [0.29, 0.717) is 0 Å². The van der Waals surface area contributed by atoms with E-state index in [9.17, 15) is 10.2 Å². The first kappa shape index (κ1) is 35.3. The maximum absolute atomic E-state index is 10.1. The van der Waals surface area contributed by atoms with Crippen molar-refractivity contribution in [2.75, 3.05) is 0 Å². The molecule has 0 unspecified atom stereocenters. The fourth-order valence-electron chi connectivity index (χ4n) is 6.02. The van der Waals surface area contributed by atoms with Gasteiger partial charge in [-0.15, -0.1) is 0 Å². The van der Waals surface area contributed by atoms with Gasteiger partial charge in [0.05, 0.1) is 12.2 Å². The summed E-state index contributed by atoms with van der Waals surface area (Å²) in [6.07, 6.45) is 32.8. The molecule has 2 N–H and O–H groups in total. The molecule has 2 aliphatic rings. The molecule has 0 radical (unpaired) electrons. The van der Waals surface area contributed by atoms with E-state index < -0.39 is 0 Å². The number of aliphatic hydroxyl groups excluding tert-OH is 2. The molecule has 0 amide bonds. The number of hydrogen-bond acceptors (Lipinski definition) is 2. The maximum atomic E-state index is 10.1. The minimum Gasteiger partial charge on any atom is -0.393 e. The Morgan fingerprint density at radius 1 is 0.786 bits per heavy atom. The van der Waals surface area contributed by atoms with E-state index >= 15 is 0 Å². The molecule has 0 aromatic carbocycles. The van der Waals surface area contributed by atoms with E-state index in [1.165, 1.54) is 44.6 Å². The van der Waals surface area contributed by atoms with Crippen molar-refractivity contribution in [3.05, 3.63) is 130 Å². The monoisotopic (exact) mass is 568 g/mol. The topological polar surface area (TPSA) is 40.5 Å². The highest BCUT2D eigenvalue weighted by atomic mass is 16.3. The van der Waals surface area contributed by atoms with E-state index in [0.717, 1.165) is 25.7 Å². The van der Waals surface area contributed by atoms with Crippen molar-refractivity contribution in [3.8, 4) is 0 Å². The quantitative estimate of drug-likeness (QED) is 0.257. The molecular formula is C40H56O2. The first-order valence-corrected chi connectivity index (χ1v) is 15.5. The van der Waals surface area contributed by atoms with Crippen LogP contribution in [0.5, 0.6) is 0 Å². The van der Waals surface area contributed by atoms with Crippen LogP contribution in [0.4, 0.5) is 0 Å². The number of hydrogen-bond donors (Lipinski definition) is 2. The Morgan fingerprint density at radius 2 is 1.38 bits per heavy atom. The molecule has 0 fully saturated rings. The van der Waals surface area contributed by atoms with Crippen LogP contribution in [0.3, 0.4) is 0 Å². The maximum Gasteiger partial charge on any atom is 0.0734 e. The van der Waals surface area contributed by atoms with Crippen molar-refractivity contribution in [2.45, 2.75) is 107 Å². The average Bonchev–Trinajstić information content (AvgIpc) is 2.84. The summed E-state index contributed by atoms with van der Waals surface area (Å²) < 4.78 is 0. The molecule has 0 aromatic rings. The third-order valence-electron chi connectivity index (χ3n) is 8.21. The van der Waals surface area contributed by atoms with Gasteiger partial charge in [-0.2, -0.15) is 0 Å². The van der Waals surface area contributed by atoms with Crippen molar-refractivity contribution in [3.63, 3.8) is 0 Å². The van der Waals surface area contributed by atoms with Gasteiger partial charge >= 0.3 is 0 Å². The van der Waals surface area contributed by atoms with Gasteiger partial charge in [0.1, 0.15) is 0 Å². The SMILES string of the molecule is CC1=C[C@H](O)CC(C)(C)/C1=C/C=C(C)/C=C/C=C(C)/C=C/C/C=C(C)/C=C/C=C(C)/C=C/C1=C(C)C[C@@H](O)CC1(C)C. The Morgan fingerprint density at radius 3 is 2.00 bits per heavy atom. The highest BCUT2D eigenvalue weighted by Gasteiger charge is 2.31. The molecule has 0 aliphatic heterocycles. The van der Waals surface area contributed by atoms with E-state index in [1.807, 2.05) is 6.08 Å². The van der Waals surface area contributed by atoms with E-state index in [2.05, 4.69) is 148 Å². The second-order valence-electron chi connectivity index (χ2n) is 13.6. The van der Waals surface area contributed by atoms with Gasteiger partial charge in [-0.05, 0) is 94.8 Å². The first-order valence-electron chi connectivity index (χ1n) is 15.5. The van der Waals surface area contributed by atoms with E-state index in [-0.39, 0.29) is 23.0 Å². The molecule has 2 nitrogen and oxygen atoms in total. The summed E-state index contributed by atoms with van der Waals surface area (Å²) in [5.41, 5.74) is 9.96. The van der Waals surface area contributed by atoms with Crippen LogP contribution in [0.25, 0.3) is 0 Å². The fraction of sp³-hybridized carbons (Fsp3) is 0.450.